The van der Waals surface area contributed by atoms with Gasteiger partial charge in [-0.15, -0.1) is 0 Å². The number of hydrogen-bond donors (Lipinski definition) is 2. The zero-order chi connectivity index (χ0) is 13.9. The maximum absolute atomic E-state index is 12.7. The molecule has 0 radical (unpaired) electrons. The number of carbonyl (C=O) groups excluding carboxylic acids is 1. The fourth-order valence-corrected chi connectivity index (χ4v) is 1.61. The van der Waals surface area contributed by atoms with Crippen LogP contribution in [0.15, 0.2) is 48.7 Å². The topological polar surface area (TPSA) is 68.0 Å². The molecule has 0 fully saturated rings. The summed E-state index contributed by atoms with van der Waals surface area (Å²) in [6, 6.07) is 11.6. The summed E-state index contributed by atoms with van der Waals surface area (Å²) in [6.07, 6.45) is 1.03. The van der Waals surface area contributed by atoms with Gasteiger partial charge in [0.1, 0.15) is 17.2 Å². The molecule has 2 aromatic rings. The molecule has 1 aromatic carbocycles. The number of pyridine rings is 1. The van der Waals surface area contributed by atoms with Crippen LogP contribution >= 0.6 is 0 Å². The predicted molar refractivity (Wildman–Crippen MR) is 70.8 cm³/mol. The average Bonchev–Trinajstić information content (AvgIpc) is 2.42. The highest BCUT2D eigenvalue weighted by Gasteiger charge is 2.30. The van der Waals surface area contributed by atoms with Crippen LogP contribution in [0, 0.1) is 5.82 Å². The maximum atomic E-state index is 12.7. The molecule has 0 aliphatic carbocycles. The Morgan fingerprint density at radius 1 is 1.26 bits per heavy atom. The first-order valence-corrected chi connectivity index (χ1v) is 5.77. The molecular weight excluding hydrogens is 245 g/mol. The largest absolute Gasteiger partial charge is 0.314 e. The van der Waals surface area contributed by atoms with Gasteiger partial charge in [0.25, 0.3) is 0 Å². The number of amides is 1. The number of hydrogen-bond acceptors (Lipinski definition) is 3. The Hall–Kier alpha value is -2.27. The van der Waals surface area contributed by atoms with Gasteiger partial charge < -0.3 is 11.1 Å². The molecule has 1 amide bonds. The van der Waals surface area contributed by atoms with Gasteiger partial charge >= 0.3 is 0 Å². The van der Waals surface area contributed by atoms with Gasteiger partial charge in [-0.3, -0.25) is 4.79 Å². The van der Waals surface area contributed by atoms with Crippen LogP contribution < -0.4 is 11.1 Å². The lowest BCUT2D eigenvalue weighted by Crippen LogP contribution is -2.45. The molecule has 2 rings (SSSR count). The second kappa shape index (κ2) is 5.16. The maximum Gasteiger partial charge on any atom is 0.249 e. The standard InChI is InChI=1S/C14H14FN3O/c1-14(16,10-5-3-2-4-6-10)13(19)18-12-8-7-11(15)9-17-12/h2-9H,16H2,1H3,(H,17,18,19). The number of benzene rings is 1. The molecule has 98 valence electrons. The fraction of sp³-hybridized carbons (Fsp3) is 0.143. The quantitative estimate of drug-likeness (QED) is 0.886. The van der Waals surface area contributed by atoms with Crippen molar-refractivity contribution in [1.82, 2.24) is 4.98 Å². The van der Waals surface area contributed by atoms with Crippen LogP contribution in [0.3, 0.4) is 0 Å². The first-order chi connectivity index (χ1) is 9.00. The molecule has 0 saturated heterocycles. The van der Waals surface area contributed by atoms with E-state index in [0.717, 1.165) is 6.20 Å². The van der Waals surface area contributed by atoms with Crippen LogP contribution in [0.4, 0.5) is 10.2 Å². The molecule has 1 atom stereocenters. The first-order valence-electron chi connectivity index (χ1n) is 5.77. The average molecular weight is 259 g/mol. The SMILES string of the molecule is CC(N)(C(=O)Nc1ccc(F)cn1)c1ccccc1. The molecule has 5 heteroatoms. The summed E-state index contributed by atoms with van der Waals surface area (Å²) >= 11 is 0. The lowest BCUT2D eigenvalue weighted by atomic mass is 9.92. The predicted octanol–water partition coefficient (Wildman–Crippen LogP) is 2.03. The summed E-state index contributed by atoms with van der Waals surface area (Å²) in [5.41, 5.74) is 5.55. The summed E-state index contributed by atoms with van der Waals surface area (Å²) in [5, 5.41) is 2.57. The van der Waals surface area contributed by atoms with E-state index in [2.05, 4.69) is 10.3 Å². The van der Waals surface area contributed by atoms with E-state index in [1.807, 2.05) is 18.2 Å². The number of aromatic nitrogens is 1. The van der Waals surface area contributed by atoms with E-state index in [0.29, 0.717) is 5.56 Å². The first kappa shape index (κ1) is 13.2. The normalized spacial score (nSPS) is 13.6. The molecule has 0 aliphatic rings. The molecule has 1 heterocycles. The van der Waals surface area contributed by atoms with Crippen molar-refractivity contribution < 1.29 is 9.18 Å². The van der Waals surface area contributed by atoms with Crippen molar-refractivity contribution in [3.8, 4) is 0 Å². The highest BCUT2D eigenvalue weighted by Crippen LogP contribution is 2.19. The van der Waals surface area contributed by atoms with Crippen molar-refractivity contribution in [3.63, 3.8) is 0 Å². The van der Waals surface area contributed by atoms with Crippen LogP contribution in [0.2, 0.25) is 0 Å². The van der Waals surface area contributed by atoms with Crippen LogP contribution in [0.5, 0.6) is 0 Å². The van der Waals surface area contributed by atoms with Gasteiger partial charge in [-0.2, -0.15) is 0 Å². The number of nitrogens with one attached hydrogen (secondary N) is 1. The number of rotatable bonds is 3. The van der Waals surface area contributed by atoms with Crippen molar-refractivity contribution in [2.24, 2.45) is 5.73 Å². The summed E-state index contributed by atoms with van der Waals surface area (Å²) in [6.45, 7) is 1.61. The van der Waals surface area contributed by atoms with Crippen LogP contribution in [0.1, 0.15) is 12.5 Å². The van der Waals surface area contributed by atoms with E-state index in [1.165, 1.54) is 12.1 Å². The van der Waals surface area contributed by atoms with Crippen molar-refractivity contribution in [3.05, 3.63) is 60.0 Å². The van der Waals surface area contributed by atoms with Gasteiger partial charge in [-0.25, -0.2) is 9.37 Å². The molecule has 1 unspecified atom stereocenters. The van der Waals surface area contributed by atoms with E-state index < -0.39 is 17.3 Å². The van der Waals surface area contributed by atoms with Crippen molar-refractivity contribution in [1.29, 1.82) is 0 Å². The van der Waals surface area contributed by atoms with Crippen LogP contribution in [0.25, 0.3) is 0 Å². The minimum atomic E-state index is -1.18. The Morgan fingerprint density at radius 2 is 1.95 bits per heavy atom. The van der Waals surface area contributed by atoms with E-state index in [4.69, 9.17) is 5.73 Å². The lowest BCUT2D eigenvalue weighted by Gasteiger charge is -2.23. The molecule has 0 bridgehead atoms. The minimum absolute atomic E-state index is 0.263. The zero-order valence-electron chi connectivity index (χ0n) is 10.4. The number of nitrogens with two attached hydrogens (primary N) is 1. The smallest absolute Gasteiger partial charge is 0.249 e. The summed E-state index contributed by atoms with van der Waals surface area (Å²) in [5.74, 6) is -0.603. The van der Waals surface area contributed by atoms with Crippen LogP contribution in [-0.4, -0.2) is 10.9 Å². The zero-order valence-corrected chi connectivity index (χ0v) is 10.4. The molecule has 0 spiro atoms. The molecule has 0 saturated carbocycles. The number of nitrogens with zero attached hydrogens (tertiary/aromatic N) is 1. The van der Waals surface area contributed by atoms with Crippen LogP contribution in [-0.2, 0) is 10.3 Å². The third-order valence-electron chi connectivity index (χ3n) is 2.81. The highest BCUT2D eigenvalue weighted by atomic mass is 19.1. The van der Waals surface area contributed by atoms with Crippen molar-refractivity contribution in [2.75, 3.05) is 5.32 Å². The minimum Gasteiger partial charge on any atom is -0.314 e. The van der Waals surface area contributed by atoms with Gasteiger partial charge in [0.2, 0.25) is 5.91 Å². The highest BCUT2D eigenvalue weighted by molar-refractivity contribution is 5.97. The third-order valence-corrected chi connectivity index (χ3v) is 2.81. The van der Waals surface area contributed by atoms with E-state index in [1.54, 1.807) is 19.1 Å². The number of halogens is 1. The monoisotopic (exact) mass is 259 g/mol. The van der Waals surface area contributed by atoms with E-state index in [9.17, 15) is 9.18 Å². The Morgan fingerprint density at radius 3 is 2.53 bits per heavy atom. The Kier molecular flexibility index (Phi) is 3.57. The Labute approximate surface area is 110 Å². The molecule has 0 aliphatic heterocycles. The molecule has 19 heavy (non-hydrogen) atoms. The van der Waals surface area contributed by atoms with E-state index in [-0.39, 0.29) is 5.82 Å². The number of anilines is 1. The van der Waals surface area contributed by atoms with Gasteiger partial charge in [0, 0.05) is 0 Å². The van der Waals surface area contributed by atoms with Crippen molar-refractivity contribution in [2.45, 2.75) is 12.5 Å². The van der Waals surface area contributed by atoms with Gasteiger partial charge in [-0.1, -0.05) is 30.3 Å². The van der Waals surface area contributed by atoms with Gasteiger partial charge in [-0.05, 0) is 24.6 Å². The Balaban J connectivity index is 2.17. The van der Waals surface area contributed by atoms with Gasteiger partial charge in [0.05, 0.1) is 6.20 Å². The van der Waals surface area contributed by atoms with Crippen molar-refractivity contribution >= 4 is 11.7 Å². The summed E-state index contributed by atoms with van der Waals surface area (Å²) in [7, 11) is 0. The molecular formula is C14H14FN3O. The molecule has 3 N–H and O–H groups in total. The molecule has 4 nitrogen and oxygen atoms in total. The summed E-state index contributed by atoms with van der Waals surface area (Å²) < 4.78 is 12.7. The second-order valence-electron chi connectivity index (χ2n) is 4.38. The number of carbonyl (C=O) groups is 1. The Bertz CT molecular complexity index is 567. The van der Waals surface area contributed by atoms with E-state index >= 15 is 0 Å². The fourth-order valence-electron chi connectivity index (χ4n) is 1.61. The molecule has 1 aromatic heterocycles. The summed E-state index contributed by atoms with van der Waals surface area (Å²) in [4.78, 5) is 15.9. The lowest BCUT2D eigenvalue weighted by molar-refractivity contribution is -0.120. The van der Waals surface area contributed by atoms with Gasteiger partial charge in [0.15, 0.2) is 0 Å². The third kappa shape index (κ3) is 2.95. The second-order valence-corrected chi connectivity index (χ2v) is 4.38.